The van der Waals surface area contributed by atoms with E-state index in [0.29, 0.717) is 6.10 Å². The Morgan fingerprint density at radius 2 is 2.07 bits per heavy atom. The van der Waals surface area contributed by atoms with Crippen molar-refractivity contribution in [1.29, 1.82) is 0 Å². The SMILES string of the molecule is C1CNCC(CN2CCOCC2)OC1. The van der Waals surface area contributed by atoms with Crippen molar-refractivity contribution in [3.8, 4) is 0 Å². The Hall–Kier alpha value is -0.160. The van der Waals surface area contributed by atoms with Crippen LogP contribution < -0.4 is 5.32 Å². The van der Waals surface area contributed by atoms with Gasteiger partial charge in [0.1, 0.15) is 0 Å². The van der Waals surface area contributed by atoms with Gasteiger partial charge in [-0.25, -0.2) is 0 Å². The summed E-state index contributed by atoms with van der Waals surface area (Å²) in [5, 5.41) is 3.40. The zero-order valence-electron chi connectivity index (χ0n) is 8.71. The molecule has 1 N–H and O–H groups in total. The van der Waals surface area contributed by atoms with Crippen LogP contribution in [-0.4, -0.2) is 63.5 Å². The standard InChI is InChI=1S/C10H20N2O2/c1-2-11-8-10(14-5-1)9-12-3-6-13-7-4-12/h10-11H,1-9H2. The van der Waals surface area contributed by atoms with Crippen LogP contribution in [0, 0.1) is 0 Å². The first-order valence-electron chi connectivity index (χ1n) is 5.57. The third kappa shape index (κ3) is 3.20. The minimum atomic E-state index is 0.371. The molecule has 0 saturated carbocycles. The maximum absolute atomic E-state index is 5.76. The van der Waals surface area contributed by atoms with Crippen molar-refractivity contribution in [3.63, 3.8) is 0 Å². The van der Waals surface area contributed by atoms with E-state index in [2.05, 4.69) is 10.2 Å². The van der Waals surface area contributed by atoms with E-state index >= 15 is 0 Å². The number of rotatable bonds is 2. The van der Waals surface area contributed by atoms with Crippen molar-refractivity contribution >= 4 is 0 Å². The lowest BCUT2D eigenvalue weighted by Gasteiger charge is -2.29. The zero-order chi connectivity index (χ0) is 9.64. The van der Waals surface area contributed by atoms with Gasteiger partial charge in [-0.15, -0.1) is 0 Å². The molecule has 82 valence electrons. The first kappa shape index (κ1) is 10.4. The van der Waals surface area contributed by atoms with Crippen LogP contribution >= 0.6 is 0 Å². The van der Waals surface area contributed by atoms with E-state index in [0.717, 1.165) is 59.0 Å². The molecule has 2 aliphatic rings. The fourth-order valence-corrected chi connectivity index (χ4v) is 1.96. The summed E-state index contributed by atoms with van der Waals surface area (Å²) in [6.07, 6.45) is 1.51. The summed E-state index contributed by atoms with van der Waals surface area (Å²) in [6.45, 7) is 7.91. The largest absolute Gasteiger partial charge is 0.379 e. The summed E-state index contributed by atoms with van der Waals surface area (Å²) in [6, 6.07) is 0. The van der Waals surface area contributed by atoms with E-state index < -0.39 is 0 Å². The maximum atomic E-state index is 5.76. The van der Waals surface area contributed by atoms with Crippen molar-refractivity contribution < 1.29 is 9.47 Å². The lowest BCUT2D eigenvalue weighted by Crippen LogP contribution is -2.44. The molecular weight excluding hydrogens is 180 g/mol. The highest BCUT2D eigenvalue weighted by molar-refractivity contribution is 4.72. The van der Waals surface area contributed by atoms with Crippen molar-refractivity contribution in [2.75, 3.05) is 52.5 Å². The average molecular weight is 200 g/mol. The molecular formula is C10H20N2O2. The molecule has 0 aromatic carbocycles. The molecule has 14 heavy (non-hydrogen) atoms. The first-order valence-corrected chi connectivity index (χ1v) is 5.57. The summed E-state index contributed by atoms with van der Waals surface area (Å²) in [7, 11) is 0. The Morgan fingerprint density at radius 1 is 1.21 bits per heavy atom. The van der Waals surface area contributed by atoms with Gasteiger partial charge in [-0.05, 0) is 13.0 Å². The highest BCUT2D eigenvalue weighted by atomic mass is 16.5. The predicted octanol–water partition coefficient (Wildman–Crippen LogP) is -0.303. The quantitative estimate of drug-likeness (QED) is 0.663. The molecule has 0 aromatic heterocycles. The predicted molar refractivity (Wildman–Crippen MR) is 54.5 cm³/mol. The summed E-state index contributed by atoms with van der Waals surface area (Å²) in [4.78, 5) is 2.43. The van der Waals surface area contributed by atoms with Crippen LogP contribution in [0.15, 0.2) is 0 Å². The van der Waals surface area contributed by atoms with Crippen LogP contribution in [0.2, 0.25) is 0 Å². The van der Waals surface area contributed by atoms with E-state index in [-0.39, 0.29) is 0 Å². The molecule has 0 amide bonds. The van der Waals surface area contributed by atoms with Crippen molar-refractivity contribution in [3.05, 3.63) is 0 Å². The Labute approximate surface area is 85.5 Å². The molecule has 2 rings (SSSR count). The van der Waals surface area contributed by atoms with Gasteiger partial charge in [0.05, 0.1) is 19.3 Å². The second kappa shape index (κ2) is 5.66. The first-order chi connectivity index (χ1) is 6.95. The van der Waals surface area contributed by atoms with Gasteiger partial charge in [0.2, 0.25) is 0 Å². The van der Waals surface area contributed by atoms with E-state index in [1.54, 1.807) is 0 Å². The fraction of sp³-hybridized carbons (Fsp3) is 1.00. The van der Waals surface area contributed by atoms with Gasteiger partial charge in [-0.1, -0.05) is 0 Å². The lowest BCUT2D eigenvalue weighted by atomic mass is 10.3. The molecule has 0 radical (unpaired) electrons. The topological polar surface area (TPSA) is 33.7 Å². The molecule has 4 heteroatoms. The molecule has 1 atom stereocenters. The molecule has 4 nitrogen and oxygen atoms in total. The summed E-state index contributed by atoms with van der Waals surface area (Å²) < 4.78 is 11.1. The highest BCUT2D eigenvalue weighted by Gasteiger charge is 2.18. The minimum absolute atomic E-state index is 0.371. The molecule has 2 aliphatic heterocycles. The van der Waals surface area contributed by atoms with Crippen LogP contribution in [0.5, 0.6) is 0 Å². The second-order valence-corrected chi connectivity index (χ2v) is 3.96. The molecule has 0 aromatic rings. The summed E-state index contributed by atoms with van der Waals surface area (Å²) in [5.74, 6) is 0. The molecule has 0 bridgehead atoms. The van der Waals surface area contributed by atoms with Crippen LogP contribution in [-0.2, 0) is 9.47 Å². The van der Waals surface area contributed by atoms with Gasteiger partial charge in [-0.2, -0.15) is 0 Å². The Kier molecular flexibility index (Phi) is 4.19. The molecule has 2 heterocycles. The number of nitrogens with zero attached hydrogens (tertiary/aromatic N) is 1. The Morgan fingerprint density at radius 3 is 2.93 bits per heavy atom. The van der Waals surface area contributed by atoms with Gasteiger partial charge < -0.3 is 14.8 Å². The van der Waals surface area contributed by atoms with E-state index in [9.17, 15) is 0 Å². The third-order valence-electron chi connectivity index (χ3n) is 2.79. The molecule has 2 fully saturated rings. The van der Waals surface area contributed by atoms with Crippen molar-refractivity contribution in [1.82, 2.24) is 10.2 Å². The molecule has 2 saturated heterocycles. The van der Waals surface area contributed by atoms with E-state index in [4.69, 9.17) is 9.47 Å². The zero-order valence-corrected chi connectivity index (χ0v) is 8.71. The lowest BCUT2D eigenvalue weighted by molar-refractivity contribution is -0.00599. The van der Waals surface area contributed by atoms with Gasteiger partial charge in [-0.3, -0.25) is 4.90 Å². The monoisotopic (exact) mass is 200 g/mol. The third-order valence-corrected chi connectivity index (χ3v) is 2.79. The van der Waals surface area contributed by atoms with Crippen LogP contribution in [0.25, 0.3) is 0 Å². The van der Waals surface area contributed by atoms with Crippen LogP contribution in [0.1, 0.15) is 6.42 Å². The smallest absolute Gasteiger partial charge is 0.0826 e. The minimum Gasteiger partial charge on any atom is -0.379 e. The number of ether oxygens (including phenoxy) is 2. The van der Waals surface area contributed by atoms with Crippen LogP contribution in [0.4, 0.5) is 0 Å². The van der Waals surface area contributed by atoms with Gasteiger partial charge in [0, 0.05) is 32.8 Å². The Balaban J connectivity index is 1.71. The highest BCUT2D eigenvalue weighted by Crippen LogP contribution is 2.03. The molecule has 0 aliphatic carbocycles. The normalized spacial score (nSPS) is 31.3. The van der Waals surface area contributed by atoms with Gasteiger partial charge in [0.15, 0.2) is 0 Å². The number of morpholine rings is 1. The van der Waals surface area contributed by atoms with Crippen molar-refractivity contribution in [2.24, 2.45) is 0 Å². The van der Waals surface area contributed by atoms with Gasteiger partial charge >= 0.3 is 0 Å². The number of hydrogen-bond acceptors (Lipinski definition) is 4. The van der Waals surface area contributed by atoms with Crippen LogP contribution in [0.3, 0.4) is 0 Å². The Bertz CT molecular complexity index is 152. The molecule has 1 unspecified atom stereocenters. The van der Waals surface area contributed by atoms with E-state index in [1.807, 2.05) is 0 Å². The summed E-state index contributed by atoms with van der Waals surface area (Å²) in [5.41, 5.74) is 0. The maximum Gasteiger partial charge on any atom is 0.0826 e. The van der Waals surface area contributed by atoms with Gasteiger partial charge in [0.25, 0.3) is 0 Å². The second-order valence-electron chi connectivity index (χ2n) is 3.96. The number of hydrogen-bond donors (Lipinski definition) is 1. The average Bonchev–Trinajstić information content (AvgIpc) is 2.48. The van der Waals surface area contributed by atoms with E-state index in [1.165, 1.54) is 0 Å². The fourth-order valence-electron chi connectivity index (χ4n) is 1.96. The summed E-state index contributed by atoms with van der Waals surface area (Å²) >= 11 is 0. The van der Waals surface area contributed by atoms with Crippen molar-refractivity contribution in [2.45, 2.75) is 12.5 Å². The number of nitrogens with one attached hydrogen (secondary N) is 1. The molecule has 0 spiro atoms.